The second-order valence-electron chi connectivity index (χ2n) is 9.19. The van der Waals surface area contributed by atoms with Crippen LogP contribution in [0.2, 0.25) is 11.1 Å². The number of rotatable bonds is 8. The van der Waals surface area contributed by atoms with Gasteiger partial charge in [-0.3, -0.25) is 0 Å². The lowest BCUT2D eigenvalue weighted by molar-refractivity contribution is 0.106. The summed E-state index contributed by atoms with van der Waals surface area (Å²) in [5, 5.41) is 0. The van der Waals surface area contributed by atoms with Crippen LogP contribution in [-0.4, -0.2) is 21.8 Å². The first-order valence-corrected chi connectivity index (χ1v) is 13.2. The summed E-state index contributed by atoms with van der Waals surface area (Å²) in [7, 11) is -2.25. The Bertz CT molecular complexity index is 346. The highest BCUT2D eigenvalue weighted by Gasteiger charge is 2.57. The average molecular weight is 369 g/mol. The van der Waals surface area contributed by atoms with E-state index in [1.165, 1.54) is 51.4 Å². The second-order valence-corrected chi connectivity index (χ2v) is 12.7. The van der Waals surface area contributed by atoms with E-state index in [-0.39, 0.29) is 0 Å². The molecule has 2 aliphatic rings. The summed E-state index contributed by atoms with van der Waals surface area (Å²) in [5.41, 5.74) is 1.40. The lowest BCUT2D eigenvalue weighted by atomic mass is 9.80. The maximum Gasteiger partial charge on any atom is 0.345 e. The molecule has 4 unspecified atom stereocenters. The predicted octanol–water partition coefficient (Wildman–Crippen LogP) is 6.93. The molecule has 0 amide bonds. The summed E-state index contributed by atoms with van der Waals surface area (Å²) >= 11 is 0. The fourth-order valence-corrected chi connectivity index (χ4v) is 12.0. The molecule has 0 saturated heterocycles. The first kappa shape index (κ1) is 21.4. The smallest absolute Gasteiger partial charge is 0.345 e. The van der Waals surface area contributed by atoms with Gasteiger partial charge in [0.1, 0.15) is 0 Å². The Hall–Kier alpha value is 0.137. The van der Waals surface area contributed by atoms with Crippen molar-refractivity contribution in [3.63, 3.8) is 0 Å². The molecule has 0 aromatic heterocycles. The van der Waals surface area contributed by atoms with Gasteiger partial charge in [0.05, 0.1) is 0 Å². The van der Waals surface area contributed by atoms with Gasteiger partial charge in [-0.1, -0.05) is 66.2 Å². The monoisotopic (exact) mass is 368 g/mol. The van der Waals surface area contributed by atoms with E-state index in [9.17, 15) is 0 Å². The minimum absolute atomic E-state index is 0.700. The normalized spacial score (nSPS) is 31.7. The van der Waals surface area contributed by atoms with Crippen molar-refractivity contribution in [2.24, 2.45) is 23.7 Å². The third-order valence-corrected chi connectivity index (χ3v) is 12.1. The highest BCUT2D eigenvalue weighted by Crippen LogP contribution is 2.56. The van der Waals surface area contributed by atoms with E-state index in [0.717, 1.165) is 36.9 Å². The van der Waals surface area contributed by atoms with E-state index < -0.39 is 8.56 Å². The Morgan fingerprint density at radius 1 is 0.680 bits per heavy atom. The van der Waals surface area contributed by atoms with Gasteiger partial charge in [-0.2, -0.15) is 0 Å². The number of hydrogen-bond acceptors (Lipinski definition) is 2. The molecule has 2 rings (SSSR count). The van der Waals surface area contributed by atoms with Crippen molar-refractivity contribution in [3.8, 4) is 0 Å². The van der Waals surface area contributed by atoms with Gasteiger partial charge in [0.2, 0.25) is 0 Å². The molecule has 2 fully saturated rings. The first-order chi connectivity index (χ1) is 12.0. The maximum atomic E-state index is 6.83. The van der Waals surface area contributed by atoms with Gasteiger partial charge in [-0.25, -0.2) is 0 Å². The predicted molar refractivity (Wildman–Crippen MR) is 110 cm³/mol. The molecule has 3 heteroatoms. The van der Waals surface area contributed by atoms with E-state index in [1.807, 2.05) is 0 Å². The Morgan fingerprint density at radius 3 is 1.36 bits per heavy atom. The Kier molecular flexibility index (Phi) is 8.48. The molecule has 25 heavy (non-hydrogen) atoms. The molecule has 2 nitrogen and oxygen atoms in total. The average Bonchev–Trinajstić information content (AvgIpc) is 2.61. The summed E-state index contributed by atoms with van der Waals surface area (Å²) in [6.45, 7) is 15.8. The fraction of sp³-hybridized carbons (Fsp3) is 1.00. The van der Waals surface area contributed by atoms with Gasteiger partial charge in [0.15, 0.2) is 0 Å². The zero-order valence-corrected chi connectivity index (χ0v) is 18.9. The van der Waals surface area contributed by atoms with E-state index in [0.29, 0.717) is 11.1 Å². The maximum absolute atomic E-state index is 6.83. The van der Waals surface area contributed by atoms with Crippen molar-refractivity contribution in [1.29, 1.82) is 0 Å². The van der Waals surface area contributed by atoms with Crippen LogP contribution in [0.25, 0.3) is 0 Å². The number of hydrogen-bond donors (Lipinski definition) is 0. The Balaban J connectivity index is 2.43. The topological polar surface area (TPSA) is 18.5 Å². The SMILES string of the molecule is CCO[Si](OCC)(C1CCCCC1C(C)C)C1CCCCC1C(C)C. The fourth-order valence-electron chi connectivity index (χ4n) is 6.11. The van der Waals surface area contributed by atoms with Crippen molar-refractivity contribution >= 4 is 8.56 Å². The molecule has 0 radical (unpaired) electrons. The molecule has 2 saturated carbocycles. The summed E-state index contributed by atoms with van der Waals surface area (Å²) < 4.78 is 13.7. The lowest BCUT2D eigenvalue weighted by Gasteiger charge is -2.52. The second kappa shape index (κ2) is 9.89. The summed E-state index contributed by atoms with van der Waals surface area (Å²) in [6, 6.07) is 0. The van der Waals surface area contributed by atoms with Crippen LogP contribution in [0.3, 0.4) is 0 Å². The van der Waals surface area contributed by atoms with Gasteiger partial charge >= 0.3 is 8.56 Å². The molecule has 0 bridgehead atoms. The van der Waals surface area contributed by atoms with E-state index in [4.69, 9.17) is 8.85 Å². The van der Waals surface area contributed by atoms with Crippen LogP contribution in [0.4, 0.5) is 0 Å². The van der Waals surface area contributed by atoms with Crippen molar-refractivity contribution in [1.82, 2.24) is 0 Å². The molecule has 4 atom stereocenters. The van der Waals surface area contributed by atoms with Crippen LogP contribution >= 0.6 is 0 Å². The zero-order chi connectivity index (χ0) is 18.4. The van der Waals surface area contributed by atoms with Gasteiger partial charge in [0, 0.05) is 24.3 Å². The largest absolute Gasteiger partial charge is 0.394 e. The van der Waals surface area contributed by atoms with Crippen LogP contribution in [0.15, 0.2) is 0 Å². The van der Waals surface area contributed by atoms with Crippen LogP contribution in [0.1, 0.15) is 92.9 Å². The molecule has 0 N–H and O–H groups in total. The van der Waals surface area contributed by atoms with Crippen molar-refractivity contribution < 1.29 is 8.85 Å². The quantitative estimate of drug-likeness (QED) is 0.432. The molecule has 0 aromatic carbocycles. The van der Waals surface area contributed by atoms with E-state index >= 15 is 0 Å². The van der Waals surface area contributed by atoms with E-state index in [1.54, 1.807) is 0 Å². The van der Waals surface area contributed by atoms with Crippen molar-refractivity contribution in [2.45, 2.75) is 104 Å². The highest BCUT2D eigenvalue weighted by molar-refractivity contribution is 6.70. The summed E-state index contributed by atoms with van der Waals surface area (Å²) in [6.07, 6.45) is 11.0. The molecule has 0 aromatic rings. The Labute approximate surface area is 158 Å². The van der Waals surface area contributed by atoms with Gasteiger partial charge in [-0.15, -0.1) is 0 Å². The van der Waals surface area contributed by atoms with Crippen LogP contribution in [0, 0.1) is 23.7 Å². The van der Waals surface area contributed by atoms with Crippen LogP contribution in [-0.2, 0) is 8.85 Å². The summed E-state index contributed by atoms with van der Waals surface area (Å²) in [4.78, 5) is 0. The van der Waals surface area contributed by atoms with Gasteiger partial charge < -0.3 is 8.85 Å². The molecular formula is C22H44O2Si. The van der Waals surface area contributed by atoms with Gasteiger partial charge in [-0.05, 0) is 50.4 Å². The van der Waals surface area contributed by atoms with Crippen LogP contribution < -0.4 is 0 Å². The summed E-state index contributed by atoms with van der Waals surface area (Å²) in [5.74, 6) is 3.10. The first-order valence-electron chi connectivity index (χ1n) is 11.3. The van der Waals surface area contributed by atoms with Crippen LogP contribution in [0.5, 0.6) is 0 Å². The highest BCUT2D eigenvalue weighted by atomic mass is 28.4. The van der Waals surface area contributed by atoms with Crippen molar-refractivity contribution in [2.75, 3.05) is 13.2 Å². The molecule has 0 aliphatic heterocycles. The lowest BCUT2D eigenvalue weighted by Crippen LogP contribution is -2.57. The molecule has 0 spiro atoms. The molecule has 2 aliphatic carbocycles. The zero-order valence-electron chi connectivity index (χ0n) is 17.9. The third-order valence-electron chi connectivity index (χ3n) is 7.12. The Morgan fingerprint density at radius 2 is 1.04 bits per heavy atom. The molecule has 148 valence electrons. The minimum Gasteiger partial charge on any atom is -0.394 e. The third kappa shape index (κ3) is 4.71. The molecular weight excluding hydrogens is 324 g/mol. The van der Waals surface area contributed by atoms with E-state index in [2.05, 4.69) is 41.5 Å². The van der Waals surface area contributed by atoms with Crippen molar-refractivity contribution in [3.05, 3.63) is 0 Å². The minimum atomic E-state index is -2.25. The van der Waals surface area contributed by atoms with Gasteiger partial charge in [0.25, 0.3) is 0 Å². The molecule has 0 heterocycles. The standard InChI is InChI=1S/C22H44O2Si/c1-7-23-25(24-8-2,21-15-11-9-13-19(21)17(3)4)22-16-12-10-14-20(22)18(5)6/h17-22H,7-16H2,1-6H3.